The van der Waals surface area contributed by atoms with E-state index < -0.39 is 0 Å². The van der Waals surface area contributed by atoms with Crippen molar-refractivity contribution >= 4 is 11.6 Å². The maximum Gasteiger partial charge on any atom is 0.277 e. The normalized spacial score (nSPS) is 12.1. The van der Waals surface area contributed by atoms with E-state index in [0.29, 0.717) is 5.75 Å². The van der Waals surface area contributed by atoms with Crippen LogP contribution in [0, 0.1) is 5.41 Å². The first-order chi connectivity index (χ1) is 8.39. The minimum atomic E-state index is -0.262. The molecular formula is C14H20N2O2. The van der Waals surface area contributed by atoms with Crippen molar-refractivity contribution in [2.75, 3.05) is 6.61 Å². The summed E-state index contributed by atoms with van der Waals surface area (Å²) in [5.41, 5.74) is 3.31. The molecule has 0 saturated carbocycles. The van der Waals surface area contributed by atoms with Crippen molar-refractivity contribution in [3.05, 3.63) is 30.3 Å². The van der Waals surface area contributed by atoms with Crippen LogP contribution >= 0.6 is 0 Å². The number of hydrazone groups is 1. The van der Waals surface area contributed by atoms with Gasteiger partial charge < -0.3 is 4.74 Å². The molecule has 0 bridgehead atoms. The van der Waals surface area contributed by atoms with Gasteiger partial charge in [0.1, 0.15) is 5.75 Å². The molecule has 1 rings (SSSR count). The van der Waals surface area contributed by atoms with Crippen LogP contribution in [-0.2, 0) is 4.79 Å². The van der Waals surface area contributed by atoms with Gasteiger partial charge in [-0.25, -0.2) is 5.43 Å². The van der Waals surface area contributed by atoms with E-state index in [0.717, 1.165) is 5.71 Å². The van der Waals surface area contributed by atoms with Gasteiger partial charge >= 0.3 is 0 Å². The number of hydrogen-bond donors (Lipinski definition) is 1. The Hall–Kier alpha value is -1.84. The Morgan fingerprint density at radius 1 is 1.28 bits per heavy atom. The lowest BCUT2D eigenvalue weighted by atomic mass is 9.91. The van der Waals surface area contributed by atoms with Gasteiger partial charge in [-0.15, -0.1) is 0 Å². The summed E-state index contributed by atoms with van der Waals surface area (Å²) >= 11 is 0. The van der Waals surface area contributed by atoms with Crippen molar-refractivity contribution in [3.8, 4) is 5.75 Å². The molecule has 18 heavy (non-hydrogen) atoms. The molecule has 0 aliphatic carbocycles. The third kappa shape index (κ3) is 4.99. The highest BCUT2D eigenvalue weighted by Crippen LogP contribution is 2.14. The number of para-hydroxylation sites is 1. The van der Waals surface area contributed by atoms with Crippen molar-refractivity contribution in [1.82, 2.24) is 5.43 Å². The summed E-state index contributed by atoms with van der Waals surface area (Å²) in [7, 11) is 0. The van der Waals surface area contributed by atoms with Crippen LogP contribution in [0.1, 0.15) is 27.7 Å². The maximum atomic E-state index is 11.5. The predicted octanol–water partition coefficient (Wildman–Crippen LogP) is 2.60. The molecule has 0 aliphatic heterocycles. The molecular weight excluding hydrogens is 228 g/mol. The zero-order chi connectivity index (χ0) is 13.6. The fourth-order valence-electron chi connectivity index (χ4n) is 1.01. The average molecular weight is 248 g/mol. The number of carbonyl (C=O) groups is 1. The van der Waals surface area contributed by atoms with Gasteiger partial charge in [0.05, 0.1) is 0 Å². The van der Waals surface area contributed by atoms with E-state index >= 15 is 0 Å². The zero-order valence-corrected chi connectivity index (χ0v) is 11.4. The molecule has 1 amide bonds. The van der Waals surface area contributed by atoms with Crippen LogP contribution in [0.2, 0.25) is 0 Å². The molecule has 1 aromatic rings. The SMILES string of the molecule is C/C(=N\NC(=O)COc1ccccc1)C(C)(C)C. The fourth-order valence-corrected chi connectivity index (χ4v) is 1.01. The van der Waals surface area contributed by atoms with Gasteiger partial charge in [-0.3, -0.25) is 4.79 Å². The van der Waals surface area contributed by atoms with Gasteiger partial charge in [-0.2, -0.15) is 5.10 Å². The zero-order valence-electron chi connectivity index (χ0n) is 11.4. The largest absolute Gasteiger partial charge is 0.484 e. The van der Waals surface area contributed by atoms with Crippen LogP contribution < -0.4 is 10.2 Å². The van der Waals surface area contributed by atoms with Crippen LogP contribution in [0.15, 0.2) is 35.4 Å². The number of nitrogens with one attached hydrogen (secondary N) is 1. The molecule has 0 spiro atoms. The molecule has 4 heteroatoms. The van der Waals surface area contributed by atoms with E-state index in [1.54, 1.807) is 12.1 Å². The summed E-state index contributed by atoms with van der Waals surface area (Å²) in [6, 6.07) is 9.21. The molecule has 0 radical (unpaired) electrons. The van der Waals surface area contributed by atoms with E-state index in [4.69, 9.17) is 4.74 Å². The molecule has 1 aromatic carbocycles. The van der Waals surface area contributed by atoms with Gasteiger partial charge in [0, 0.05) is 11.1 Å². The lowest BCUT2D eigenvalue weighted by molar-refractivity contribution is -0.123. The number of benzene rings is 1. The van der Waals surface area contributed by atoms with Crippen molar-refractivity contribution < 1.29 is 9.53 Å². The smallest absolute Gasteiger partial charge is 0.277 e. The molecule has 0 saturated heterocycles. The van der Waals surface area contributed by atoms with Crippen LogP contribution in [0.3, 0.4) is 0 Å². The van der Waals surface area contributed by atoms with Gasteiger partial charge in [-0.1, -0.05) is 39.0 Å². The first kappa shape index (κ1) is 14.2. The molecule has 0 unspecified atom stereocenters. The third-order valence-electron chi connectivity index (χ3n) is 2.55. The van der Waals surface area contributed by atoms with E-state index in [9.17, 15) is 4.79 Å². The van der Waals surface area contributed by atoms with E-state index in [1.165, 1.54) is 0 Å². The third-order valence-corrected chi connectivity index (χ3v) is 2.55. The van der Waals surface area contributed by atoms with Crippen LogP contribution in [0.25, 0.3) is 0 Å². The fraction of sp³-hybridized carbons (Fsp3) is 0.429. The van der Waals surface area contributed by atoms with E-state index in [2.05, 4.69) is 10.5 Å². The molecule has 0 aliphatic rings. The summed E-state index contributed by atoms with van der Waals surface area (Å²) in [4.78, 5) is 11.5. The highest BCUT2D eigenvalue weighted by Gasteiger charge is 2.14. The Labute approximate surface area is 108 Å². The summed E-state index contributed by atoms with van der Waals surface area (Å²) in [6.45, 7) is 7.97. The maximum absolute atomic E-state index is 11.5. The number of nitrogens with zero attached hydrogens (tertiary/aromatic N) is 1. The van der Waals surface area contributed by atoms with Crippen molar-refractivity contribution in [2.45, 2.75) is 27.7 Å². The highest BCUT2D eigenvalue weighted by atomic mass is 16.5. The Balaban J connectivity index is 2.39. The second-order valence-corrected chi connectivity index (χ2v) is 5.08. The Bertz CT molecular complexity index is 419. The standard InChI is InChI=1S/C14H20N2O2/c1-11(14(2,3)4)15-16-13(17)10-18-12-8-6-5-7-9-12/h5-9H,10H2,1-4H3,(H,16,17)/b15-11+. The predicted molar refractivity (Wildman–Crippen MR) is 72.6 cm³/mol. The summed E-state index contributed by atoms with van der Waals surface area (Å²) in [5, 5.41) is 4.04. The number of ether oxygens (including phenoxy) is 1. The Morgan fingerprint density at radius 2 is 1.89 bits per heavy atom. The molecule has 4 nitrogen and oxygen atoms in total. The van der Waals surface area contributed by atoms with Gasteiger partial charge in [-0.05, 0) is 19.1 Å². The first-order valence-electron chi connectivity index (χ1n) is 5.91. The van der Waals surface area contributed by atoms with Crippen molar-refractivity contribution in [3.63, 3.8) is 0 Å². The summed E-state index contributed by atoms with van der Waals surface area (Å²) in [6.07, 6.45) is 0. The minimum Gasteiger partial charge on any atom is -0.484 e. The highest BCUT2D eigenvalue weighted by molar-refractivity contribution is 5.88. The number of carbonyl (C=O) groups excluding carboxylic acids is 1. The Kier molecular flexibility index (Phi) is 4.89. The van der Waals surface area contributed by atoms with E-state index in [-0.39, 0.29) is 17.9 Å². The lowest BCUT2D eigenvalue weighted by Crippen LogP contribution is -2.28. The van der Waals surface area contributed by atoms with Crippen molar-refractivity contribution in [2.24, 2.45) is 10.5 Å². The molecule has 98 valence electrons. The molecule has 0 aromatic heterocycles. The summed E-state index contributed by atoms with van der Waals surface area (Å²) in [5.74, 6) is 0.409. The first-order valence-corrected chi connectivity index (χ1v) is 5.91. The molecule has 0 atom stereocenters. The van der Waals surface area contributed by atoms with Crippen molar-refractivity contribution in [1.29, 1.82) is 0 Å². The minimum absolute atomic E-state index is 0.0368. The number of amides is 1. The molecule has 0 heterocycles. The van der Waals surface area contributed by atoms with Gasteiger partial charge in [0.2, 0.25) is 0 Å². The topological polar surface area (TPSA) is 50.7 Å². The molecule has 1 N–H and O–H groups in total. The van der Waals surface area contributed by atoms with E-state index in [1.807, 2.05) is 45.9 Å². The Morgan fingerprint density at radius 3 is 2.44 bits per heavy atom. The second kappa shape index (κ2) is 6.19. The van der Waals surface area contributed by atoms with Gasteiger partial charge in [0.15, 0.2) is 6.61 Å². The second-order valence-electron chi connectivity index (χ2n) is 5.08. The summed E-state index contributed by atoms with van der Waals surface area (Å²) < 4.78 is 5.30. The quantitative estimate of drug-likeness (QED) is 0.657. The number of hydrogen-bond acceptors (Lipinski definition) is 3. The van der Waals surface area contributed by atoms with Crippen LogP contribution in [0.5, 0.6) is 5.75 Å². The van der Waals surface area contributed by atoms with Gasteiger partial charge in [0.25, 0.3) is 5.91 Å². The number of rotatable bonds is 4. The van der Waals surface area contributed by atoms with Crippen LogP contribution in [0.4, 0.5) is 0 Å². The van der Waals surface area contributed by atoms with Crippen LogP contribution in [-0.4, -0.2) is 18.2 Å². The average Bonchev–Trinajstić information content (AvgIpc) is 2.33. The molecule has 0 fully saturated rings. The monoisotopic (exact) mass is 248 g/mol. The lowest BCUT2D eigenvalue weighted by Gasteiger charge is -2.17.